The lowest BCUT2D eigenvalue weighted by Crippen LogP contribution is -2.09. The van der Waals surface area contributed by atoms with Gasteiger partial charge < -0.3 is 10.2 Å². The summed E-state index contributed by atoms with van der Waals surface area (Å²) in [6.45, 7) is 0. The van der Waals surface area contributed by atoms with Gasteiger partial charge in [0, 0.05) is 5.92 Å². The average Bonchev–Trinajstić information content (AvgIpc) is 2.65. The number of rotatable bonds is 3. The molecule has 4 rings (SSSR count). The van der Waals surface area contributed by atoms with E-state index in [0.717, 1.165) is 24.0 Å². The molecule has 3 aromatic carbocycles. The molecule has 0 aromatic heterocycles. The molecule has 0 fully saturated rings. The van der Waals surface area contributed by atoms with Crippen molar-refractivity contribution in [3.8, 4) is 11.5 Å². The predicted molar refractivity (Wildman–Crippen MR) is 101 cm³/mol. The lowest BCUT2D eigenvalue weighted by atomic mass is 9.79. The van der Waals surface area contributed by atoms with Crippen molar-refractivity contribution in [3.05, 3.63) is 101 Å². The fourth-order valence-electron chi connectivity index (χ4n) is 3.64. The second-order valence-electron chi connectivity index (χ2n) is 6.53. The highest BCUT2D eigenvalue weighted by molar-refractivity contribution is 5.63. The van der Waals surface area contributed by atoms with Crippen LogP contribution in [0.15, 0.2) is 78.4 Å². The zero-order valence-corrected chi connectivity index (χ0v) is 13.9. The second kappa shape index (κ2) is 6.48. The van der Waals surface area contributed by atoms with Crippen LogP contribution >= 0.6 is 0 Å². The monoisotopic (exact) mass is 328 g/mol. The van der Waals surface area contributed by atoms with Crippen LogP contribution in [-0.4, -0.2) is 10.2 Å². The summed E-state index contributed by atoms with van der Waals surface area (Å²) in [7, 11) is 0. The molecule has 25 heavy (non-hydrogen) atoms. The summed E-state index contributed by atoms with van der Waals surface area (Å²) >= 11 is 0. The van der Waals surface area contributed by atoms with Crippen molar-refractivity contribution in [1.29, 1.82) is 0 Å². The molecule has 2 N–H and O–H groups in total. The molecule has 0 spiro atoms. The Morgan fingerprint density at radius 1 is 0.640 bits per heavy atom. The Morgan fingerprint density at radius 2 is 1.20 bits per heavy atom. The van der Waals surface area contributed by atoms with Gasteiger partial charge in [0.1, 0.15) is 11.5 Å². The Labute approximate surface area is 147 Å². The molecule has 0 saturated heterocycles. The van der Waals surface area contributed by atoms with Crippen molar-refractivity contribution in [2.75, 3.05) is 0 Å². The molecule has 3 aromatic rings. The number of aromatic hydroxyl groups is 2. The molecule has 0 radical (unpaired) electrons. The highest BCUT2D eigenvalue weighted by Gasteiger charge is 2.22. The predicted octanol–water partition coefficient (Wildman–Crippen LogP) is 5.26. The van der Waals surface area contributed by atoms with Gasteiger partial charge in [0.2, 0.25) is 0 Å². The van der Waals surface area contributed by atoms with Crippen LogP contribution in [0.1, 0.15) is 34.6 Å². The number of phenols is 2. The number of benzene rings is 3. The van der Waals surface area contributed by atoms with Crippen molar-refractivity contribution in [2.45, 2.75) is 18.8 Å². The van der Waals surface area contributed by atoms with E-state index in [0.29, 0.717) is 0 Å². The number of phenolic OH excluding ortho intramolecular Hbond substituents is 2. The Balaban J connectivity index is 1.82. The van der Waals surface area contributed by atoms with E-state index in [4.69, 9.17) is 0 Å². The fraction of sp³-hybridized carbons (Fsp3) is 0.130. The Morgan fingerprint density at radius 3 is 1.80 bits per heavy atom. The summed E-state index contributed by atoms with van der Waals surface area (Å²) in [5, 5.41) is 19.3. The van der Waals surface area contributed by atoms with Gasteiger partial charge in [0.15, 0.2) is 0 Å². The van der Waals surface area contributed by atoms with E-state index in [1.54, 1.807) is 24.3 Å². The largest absolute Gasteiger partial charge is 0.508 e. The van der Waals surface area contributed by atoms with Crippen LogP contribution in [0.25, 0.3) is 6.08 Å². The van der Waals surface area contributed by atoms with Gasteiger partial charge in [0.05, 0.1) is 0 Å². The average molecular weight is 328 g/mol. The lowest BCUT2D eigenvalue weighted by molar-refractivity contribution is 0.475. The molecule has 124 valence electrons. The second-order valence-corrected chi connectivity index (χ2v) is 6.53. The van der Waals surface area contributed by atoms with Crippen LogP contribution in [-0.2, 0) is 6.42 Å². The minimum Gasteiger partial charge on any atom is -0.508 e. The van der Waals surface area contributed by atoms with Crippen molar-refractivity contribution in [3.63, 3.8) is 0 Å². The first-order valence-electron chi connectivity index (χ1n) is 8.57. The molecule has 0 bridgehead atoms. The third kappa shape index (κ3) is 3.16. The maximum atomic E-state index is 9.64. The summed E-state index contributed by atoms with van der Waals surface area (Å²) < 4.78 is 0. The Kier molecular flexibility index (Phi) is 4.02. The van der Waals surface area contributed by atoms with Gasteiger partial charge in [-0.2, -0.15) is 0 Å². The van der Waals surface area contributed by atoms with Crippen LogP contribution < -0.4 is 0 Å². The molecule has 0 aliphatic heterocycles. The molecule has 0 heterocycles. The van der Waals surface area contributed by atoms with Gasteiger partial charge in [-0.1, -0.05) is 60.2 Å². The summed E-state index contributed by atoms with van der Waals surface area (Å²) in [4.78, 5) is 0. The van der Waals surface area contributed by atoms with E-state index in [1.165, 1.54) is 16.7 Å². The minimum atomic E-state index is 0.120. The molecule has 0 amide bonds. The maximum Gasteiger partial charge on any atom is 0.115 e. The van der Waals surface area contributed by atoms with Crippen LogP contribution in [0.2, 0.25) is 0 Å². The van der Waals surface area contributed by atoms with Gasteiger partial charge in [-0.15, -0.1) is 0 Å². The highest BCUT2D eigenvalue weighted by Crippen LogP contribution is 2.39. The molecule has 0 unspecified atom stereocenters. The molecule has 2 heteroatoms. The quantitative estimate of drug-likeness (QED) is 0.688. The van der Waals surface area contributed by atoms with E-state index in [2.05, 4.69) is 30.3 Å². The number of fused-ring (bicyclic) bond motifs is 1. The standard InChI is InChI=1S/C23H20O2/c24-21-11-7-17(8-12-21)23(18-9-13-22(25)14-10-18)20-6-5-16-3-1-2-4-19(16)15-20/h1-4,7-15,23-25H,5-6H2. The molecule has 0 saturated carbocycles. The minimum absolute atomic E-state index is 0.120. The van der Waals surface area contributed by atoms with Gasteiger partial charge >= 0.3 is 0 Å². The number of hydrogen-bond donors (Lipinski definition) is 2. The first-order valence-corrected chi connectivity index (χ1v) is 8.57. The molecule has 2 nitrogen and oxygen atoms in total. The molecule has 1 aliphatic rings. The normalized spacial score (nSPS) is 13.4. The van der Waals surface area contributed by atoms with Crippen LogP contribution in [0.3, 0.4) is 0 Å². The van der Waals surface area contributed by atoms with Gasteiger partial charge in [-0.3, -0.25) is 0 Å². The summed E-state index contributed by atoms with van der Waals surface area (Å²) in [5.74, 6) is 0.668. The molecular formula is C23H20O2. The van der Waals surface area contributed by atoms with Crippen molar-refractivity contribution in [2.24, 2.45) is 0 Å². The third-order valence-electron chi connectivity index (χ3n) is 4.90. The van der Waals surface area contributed by atoms with E-state index in [1.807, 2.05) is 24.3 Å². The number of hydrogen-bond acceptors (Lipinski definition) is 2. The van der Waals surface area contributed by atoms with E-state index in [-0.39, 0.29) is 17.4 Å². The van der Waals surface area contributed by atoms with E-state index in [9.17, 15) is 10.2 Å². The zero-order valence-electron chi connectivity index (χ0n) is 13.9. The highest BCUT2D eigenvalue weighted by atomic mass is 16.3. The number of aryl methyl sites for hydroxylation is 1. The summed E-state index contributed by atoms with van der Waals surface area (Å²) in [5.41, 5.74) is 6.33. The summed E-state index contributed by atoms with van der Waals surface area (Å²) in [6.07, 6.45) is 4.33. The topological polar surface area (TPSA) is 40.5 Å². The van der Waals surface area contributed by atoms with Gasteiger partial charge in [-0.25, -0.2) is 0 Å². The molecular weight excluding hydrogens is 308 g/mol. The third-order valence-corrected chi connectivity index (χ3v) is 4.90. The van der Waals surface area contributed by atoms with Gasteiger partial charge in [0.25, 0.3) is 0 Å². The van der Waals surface area contributed by atoms with Gasteiger partial charge in [-0.05, 0) is 59.4 Å². The Hall–Kier alpha value is -3.00. The van der Waals surface area contributed by atoms with E-state index < -0.39 is 0 Å². The van der Waals surface area contributed by atoms with Crippen molar-refractivity contribution < 1.29 is 10.2 Å². The summed E-state index contributed by atoms with van der Waals surface area (Å²) in [6, 6.07) is 23.4. The van der Waals surface area contributed by atoms with Crippen LogP contribution in [0, 0.1) is 0 Å². The first kappa shape index (κ1) is 15.5. The fourth-order valence-corrected chi connectivity index (χ4v) is 3.64. The molecule has 1 aliphatic carbocycles. The smallest absolute Gasteiger partial charge is 0.115 e. The Bertz CT molecular complexity index is 860. The van der Waals surface area contributed by atoms with Crippen molar-refractivity contribution >= 4 is 6.08 Å². The first-order chi connectivity index (χ1) is 12.2. The van der Waals surface area contributed by atoms with Crippen LogP contribution in [0.5, 0.6) is 11.5 Å². The SMILES string of the molecule is Oc1ccc(C(C2=Cc3ccccc3CC2)c2ccc(O)cc2)cc1. The number of allylic oxidation sites excluding steroid dienone is 1. The zero-order chi connectivity index (χ0) is 17.2. The van der Waals surface area contributed by atoms with Crippen LogP contribution in [0.4, 0.5) is 0 Å². The lowest BCUT2D eigenvalue weighted by Gasteiger charge is -2.25. The van der Waals surface area contributed by atoms with Crippen molar-refractivity contribution in [1.82, 2.24) is 0 Å². The van der Waals surface area contributed by atoms with E-state index >= 15 is 0 Å². The molecule has 0 atom stereocenters. The maximum absolute atomic E-state index is 9.64.